The normalized spacial score (nSPS) is 10.6. The van der Waals surface area contributed by atoms with Crippen molar-refractivity contribution < 1.29 is 22.7 Å². The van der Waals surface area contributed by atoms with E-state index < -0.39 is 24.1 Å². The van der Waals surface area contributed by atoms with Crippen LogP contribution in [0.2, 0.25) is 0 Å². The average molecular weight is 403 g/mol. The van der Waals surface area contributed by atoms with Crippen molar-refractivity contribution in [2.24, 2.45) is 0 Å². The predicted octanol–water partition coefficient (Wildman–Crippen LogP) is 2.52. The number of carbonyl (C=O) groups is 1. The lowest BCUT2D eigenvalue weighted by Crippen LogP contribution is -2.33. The summed E-state index contributed by atoms with van der Waals surface area (Å²) in [6.45, 7) is -0.184. The predicted molar refractivity (Wildman–Crippen MR) is 98.8 cm³/mol. The second-order valence-corrected chi connectivity index (χ2v) is 6.03. The monoisotopic (exact) mass is 403 g/mol. The van der Waals surface area contributed by atoms with E-state index in [4.69, 9.17) is 4.74 Å². The number of halogens is 3. The molecule has 3 aromatic rings. The molecule has 1 amide bonds. The average Bonchev–Trinajstić information content (AvgIpc) is 2.69. The number of carbonyl (C=O) groups excluding carboxylic acids is 1. The Bertz CT molecular complexity index is 1070. The lowest BCUT2D eigenvalue weighted by molar-refractivity contribution is -0.123. The van der Waals surface area contributed by atoms with Crippen LogP contribution in [0.3, 0.4) is 0 Å². The van der Waals surface area contributed by atoms with Crippen molar-refractivity contribution in [2.75, 3.05) is 13.2 Å². The molecule has 150 valence electrons. The molecule has 0 radical (unpaired) electrons. The largest absolute Gasteiger partial charge is 0.481 e. The second kappa shape index (κ2) is 9.05. The van der Waals surface area contributed by atoms with Gasteiger partial charge in [-0.05, 0) is 36.4 Å². The molecule has 1 aromatic heterocycles. The molecule has 0 saturated carbocycles. The van der Waals surface area contributed by atoms with Gasteiger partial charge in [0.05, 0.1) is 12.0 Å². The van der Waals surface area contributed by atoms with Crippen molar-refractivity contribution in [2.45, 2.75) is 6.54 Å². The Morgan fingerprint density at radius 2 is 1.76 bits per heavy atom. The van der Waals surface area contributed by atoms with E-state index in [2.05, 4.69) is 10.3 Å². The zero-order valence-electron chi connectivity index (χ0n) is 15.1. The molecular formula is C20H16F3N3O3. The molecule has 1 N–H and O–H groups in total. The van der Waals surface area contributed by atoms with Crippen LogP contribution in [0.5, 0.6) is 5.75 Å². The van der Waals surface area contributed by atoms with Gasteiger partial charge in [0.15, 0.2) is 18.2 Å². The van der Waals surface area contributed by atoms with Crippen LogP contribution in [-0.4, -0.2) is 28.6 Å². The summed E-state index contributed by atoms with van der Waals surface area (Å²) in [4.78, 5) is 28.1. The van der Waals surface area contributed by atoms with E-state index >= 15 is 0 Å². The minimum absolute atomic E-state index is 0.117. The number of rotatable bonds is 7. The molecule has 9 heteroatoms. The summed E-state index contributed by atoms with van der Waals surface area (Å²) in [5.41, 5.74) is 0.678. The Labute approximate surface area is 163 Å². The molecule has 1 heterocycles. The molecule has 0 bridgehead atoms. The van der Waals surface area contributed by atoms with Crippen LogP contribution >= 0.6 is 0 Å². The number of nitrogens with one attached hydrogen (secondary N) is 1. The molecule has 0 unspecified atom stereocenters. The van der Waals surface area contributed by atoms with Gasteiger partial charge >= 0.3 is 0 Å². The first-order chi connectivity index (χ1) is 13.9. The topological polar surface area (TPSA) is 73.2 Å². The van der Waals surface area contributed by atoms with E-state index in [1.54, 1.807) is 0 Å². The Hall–Kier alpha value is -3.62. The minimum atomic E-state index is -0.906. The molecule has 0 aliphatic carbocycles. The summed E-state index contributed by atoms with van der Waals surface area (Å²) >= 11 is 0. The molecule has 0 atom stereocenters. The number of hydrogen-bond donors (Lipinski definition) is 1. The third kappa shape index (κ3) is 5.44. The van der Waals surface area contributed by atoms with Crippen LogP contribution in [-0.2, 0) is 11.3 Å². The summed E-state index contributed by atoms with van der Waals surface area (Å²) in [6.07, 6.45) is 1.33. The molecular weight excluding hydrogens is 387 g/mol. The van der Waals surface area contributed by atoms with E-state index in [9.17, 15) is 22.8 Å². The van der Waals surface area contributed by atoms with Crippen LogP contribution < -0.4 is 15.6 Å². The van der Waals surface area contributed by atoms with Gasteiger partial charge in [-0.15, -0.1) is 0 Å². The first-order valence-electron chi connectivity index (χ1n) is 8.59. The Balaban J connectivity index is 1.50. The van der Waals surface area contributed by atoms with E-state index in [1.807, 2.05) is 0 Å². The maximum atomic E-state index is 13.4. The highest BCUT2D eigenvalue weighted by Crippen LogP contribution is 2.17. The smallest absolute Gasteiger partial charge is 0.258 e. The van der Waals surface area contributed by atoms with E-state index in [0.717, 1.165) is 12.1 Å². The highest BCUT2D eigenvalue weighted by Gasteiger charge is 2.08. The first kappa shape index (κ1) is 20.1. The number of amides is 1. The van der Waals surface area contributed by atoms with E-state index in [0.29, 0.717) is 17.3 Å². The van der Waals surface area contributed by atoms with Crippen LogP contribution in [0.15, 0.2) is 59.7 Å². The molecule has 0 spiro atoms. The Morgan fingerprint density at radius 1 is 1.03 bits per heavy atom. The van der Waals surface area contributed by atoms with Crippen LogP contribution in [0.25, 0.3) is 11.3 Å². The van der Waals surface area contributed by atoms with Crippen molar-refractivity contribution in [1.29, 1.82) is 0 Å². The number of aromatic nitrogens is 2. The van der Waals surface area contributed by atoms with Crippen LogP contribution in [0.1, 0.15) is 0 Å². The maximum Gasteiger partial charge on any atom is 0.258 e. The van der Waals surface area contributed by atoms with E-state index in [-0.39, 0.29) is 30.2 Å². The summed E-state index contributed by atoms with van der Waals surface area (Å²) in [5, 5.41) is 2.52. The van der Waals surface area contributed by atoms with Gasteiger partial charge in [-0.2, -0.15) is 0 Å². The fourth-order valence-corrected chi connectivity index (χ4v) is 2.47. The van der Waals surface area contributed by atoms with Gasteiger partial charge < -0.3 is 10.1 Å². The van der Waals surface area contributed by atoms with Crippen molar-refractivity contribution in [1.82, 2.24) is 14.9 Å². The molecule has 29 heavy (non-hydrogen) atoms. The zero-order valence-corrected chi connectivity index (χ0v) is 15.1. The van der Waals surface area contributed by atoms with Crippen molar-refractivity contribution in [3.05, 3.63) is 82.7 Å². The van der Waals surface area contributed by atoms with Gasteiger partial charge in [0.25, 0.3) is 11.5 Å². The summed E-state index contributed by atoms with van der Waals surface area (Å²) < 4.78 is 45.5. The SMILES string of the molecule is O=C(COc1ccc(F)cc1F)NCCn1cnc(-c2ccc(F)cc2)cc1=O. The molecule has 0 aliphatic rings. The van der Waals surface area contributed by atoms with Gasteiger partial charge in [-0.25, -0.2) is 18.2 Å². The number of hydrogen-bond acceptors (Lipinski definition) is 4. The molecule has 0 saturated heterocycles. The fourth-order valence-electron chi connectivity index (χ4n) is 2.47. The minimum Gasteiger partial charge on any atom is -0.481 e. The van der Waals surface area contributed by atoms with Crippen molar-refractivity contribution in [3.8, 4) is 17.0 Å². The summed E-state index contributed by atoms with van der Waals surface area (Å²) in [7, 11) is 0. The van der Waals surface area contributed by atoms with E-state index in [1.165, 1.54) is 41.2 Å². The molecule has 0 aliphatic heterocycles. The molecule has 0 fully saturated rings. The van der Waals surface area contributed by atoms with Crippen LogP contribution in [0.4, 0.5) is 13.2 Å². The van der Waals surface area contributed by atoms with Gasteiger partial charge in [-0.1, -0.05) is 0 Å². The summed E-state index contributed by atoms with van der Waals surface area (Å²) in [6, 6.07) is 9.67. The van der Waals surface area contributed by atoms with Gasteiger partial charge in [-0.3, -0.25) is 14.2 Å². The zero-order chi connectivity index (χ0) is 20.8. The standard InChI is InChI=1S/C20H16F3N3O3/c21-14-3-1-13(2-4-14)17-10-20(28)26(12-25-17)8-7-24-19(27)11-29-18-6-5-15(22)9-16(18)23/h1-6,9-10,12H,7-8,11H2,(H,24,27). The quantitative estimate of drug-likeness (QED) is 0.658. The third-order valence-corrected chi connectivity index (χ3v) is 3.95. The maximum absolute atomic E-state index is 13.4. The highest BCUT2D eigenvalue weighted by molar-refractivity contribution is 5.77. The fraction of sp³-hybridized carbons (Fsp3) is 0.150. The number of ether oxygens (including phenoxy) is 1. The highest BCUT2D eigenvalue weighted by atomic mass is 19.1. The second-order valence-electron chi connectivity index (χ2n) is 6.03. The number of nitrogens with zero attached hydrogens (tertiary/aromatic N) is 2. The van der Waals surface area contributed by atoms with Gasteiger partial charge in [0, 0.05) is 30.8 Å². The molecule has 6 nitrogen and oxygen atoms in total. The van der Waals surface area contributed by atoms with Crippen LogP contribution in [0, 0.1) is 17.5 Å². The van der Waals surface area contributed by atoms with Crippen molar-refractivity contribution in [3.63, 3.8) is 0 Å². The molecule has 2 aromatic carbocycles. The Morgan fingerprint density at radius 3 is 2.45 bits per heavy atom. The summed E-state index contributed by atoms with van der Waals surface area (Å²) in [5.74, 6) is -2.81. The van der Waals surface area contributed by atoms with Gasteiger partial charge in [0.2, 0.25) is 0 Å². The van der Waals surface area contributed by atoms with Gasteiger partial charge in [0.1, 0.15) is 11.6 Å². The lowest BCUT2D eigenvalue weighted by atomic mass is 10.1. The first-order valence-corrected chi connectivity index (χ1v) is 8.59. The number of benzene rings is 2. The van der Waals surface area contributed by atoms with Crippen molar-refractivity contribution >= 4 is 5.91 Å². The Kier molecular flexibility index (Phi) is 6.28. The third-order valence-electron chi connectivity index (χ3n) is 3.95. The molecule has 3 rings (SSSR count). The lowest BCUT2D eigenvalue weighted by Gasteiger charge is -2.09.